The summed E-state index contributed by atoms with van der Waals surface area (Å²) in [6, 6.07) is 4.49. The summed E-state index contributed by atoms with van der Waals surface area (Å²) in [5.41, 5.74) is 0.513. The molecule has 142 valence electrons. The minimum absolute atomic E-state index is 0.0777. The molecule has 1 rings (SSSR count). The van der Waals surface area contributed by atoms with E-state index < -0.39 is 6.61 Å². The zero-order chi connectivity index (χ0) is 18.5. The summed E-state index contributed by atoms with van der Waals surface area (Å²) in [5.74, 6) is 0.619. The molecule has 0 radical (unpaired) electrons. The largest absolute Gasteiger partial charge is 0.434 e. The van der Waals surface area contributed by atoms with Gasteiger partial charge in [-0.05, 0) is 24.6 Å². The van der Waals surface area contributed by atoms with Crippen LogP contribution in [0.1, 0.15) is 12.0 Å². The summed E-state index contributed by atoms with van der Waals surface area (Å²) in [6.07, 6.45) is 0.793. The molecule has 0 fully saturated rings. The van der Waals surface area contributed by atoms with Gasteiger partial charge in [0.25, 0.3) is 0 Å². The summed E-state index contributed by atoms with van der Waals surface area (Å²) in [5, 5.41) is 6.58. The van der Waals surface area contributed by atoms with Crippen molar-refractivity contribution in [2.45, 2.75) is 19.6 Å². The van der Waals surface area contributed by atoms with Gasteiger partial charge in [-0.25, -0.2) is 0 Å². The summed E-state index contributed by atoms with van der Waals surface area (Å²) in [6.45, 7) is -0.260. The van der Waals surface area contributed by atoms with Gasteiger partial charge in [0.15, 0.2) is 5.96 Å². The van der Waals surface area contributed by atoms with Crippen LogP contribution in [0.25, 0.3) is 0 Å². The van der Waals surface area contributed by atoms with Crippen molar-refractivity contribution in [1.82, 2.24) is 10.6 Å². The lowest BCUT2D eigenvalue weighted by Crippen LogP contribution is -2.37. The number of hydrogen-bond donors (Lipinski definition) is 2. The van der Waals surface area contributed by atoms with Crippen molar-refractivity contribution < 1.29 is 23.0 Å². The second kappa shape index (κ2) is 12.7. The number of nitrogens with zero attached hydrogens (tertiary/aromatic N) is 1. The second-order valence-corrected chi connectivity index (χ2v) is 5.38. The first-order valence-corrected chi connectivity index (χ1v) is 8.19. The Bertz CT molecular complexity index is 533. The third kappa shape index (κ3) is 9.42. The lowest BCUT2D eigenvalue weighted by atomic mass is 10.2. The Kier molecular flexibility index (Phi) is 10.9. The van der Waals surface area contributed by atoms with Gasteiger partial charge >= 0.3 is 6.61 Å². The average Bonchev–Trinajstić information content (AvgIpc) is 2.58. The molecule has 6 nitrogen and oxygen atoms in total. The van der Waals surface area contributed by atoms with Crippen molar-refractivity contribution in [3.8, 4) is 5.75 Å². The van der Waals surface area contributed by atoms with E-state index in [2.05, 4.69) is 20.4 Å². The topological polar surface area (TPSA) is 64.1 Å². The van der Waals surface area contributed by atoms with Crippen molar-refractivity contribution in [3.63, 3.8) is 0 Å². The molecule has 2 N–H and O–H groups in total. The lowest BCUT2D eigenvalue weighted by molar-refractivity contribution is -0.0504. The van der Waals surface area contributed by atoms with Crippen LogP contribution in [-0.4, -0.2) is 53.1 Å². The summed E-state index contributed by atoms with van der Waals surface area (Å²) in [7, 11) is 3.25. The maximum atomic E-state index is 12.5. The van der Waals surface area contributed by atoms with Crippen LogP contribution in [0.5, 0.6) is 5.75 Å². The first kappa shape index (κ1) is 21.4. The van der Waals surface area contributed by atoms with Gasteiger partial charge in [-0.15, -0.1) is 0 Å². The molecule has 0 unspecified atom stereocenters. The molecule has 0 atom stereocenters. The SMILES string of the molecule is CN=C(NCCCOCCOC)NCc1cc(Cl)ccc1OC(F)F. The second-order valence-electron chi connectivity index (χ2n) is 4.94. The van der Waals surface area contributed by atoms with Crippen LogP contribution >= 0.6 is 11.6 Å². The molecular weight excluding hydrogens is 356 g/mol. The van der Waals surface area contributed by atoms with E-state index in [1.807, 2.05) is 0 Å². The molecule has 1 aromatic carbocycles. The minimum Gasteiger partial charge on any atom is -0.434 e. The Morgan fingerprint density at radius 1 is 1.24 bits per heavy atom. The van der Waals surface area contributed by atoms with E-state index in [1.165, 1.54) is 12.1 Å². The van der Waals surface area contributed by atoms with E-state index in [1.54, 1.807) is 20.2 Å². The Labute approximate surface area is 151 Å². The Morgan fingerprint density at radius 3 is 2.72 bits per heavy atom. The molecule has 25 heavy (non-hydrogen) atoms. The Balaban J connectivity index is 2.40. The van der Waals surface area contributed by atoms with E-state index in [9.17, 15) is 8.78 Å². The Hall–Kier alpha value is -1.64. The normalized spacial score (nSPS) is 11.7. The number of benzene rings is 1. The van der Waals surface area contributed by atoms with Crippen LogP contribution in [0, 0.1) is 0 Å². The van der Waals surface area contributed by atoms with Gasteiger partial charge in [0.05, 0.1) is 13.2 Å². The summed E-state index contributed by atoms with van der Waals surface area (Å²) in [4.78, 5) is 4.08. The molecule has 0 aliphatic heterocycles. The highest BCUT2D eigenvalue weighted by Gasteiger charge is 2.10. The highest BCUT2D eigenvalue weighted by atomic mass is 35.5. The number of methoxy groups -OCH3 is 1. The van der Waals surface area contributed by atoms with Crippen LogP contribution in [0.15, 0.2) is 23.2 Å². The average molecular weight is 380 g/mol. The maximum Gasteiger partial charge on any atom is 0.387 e. The van der Waals surface area contributed by atoms with Crippen molar-refractivity contribution in [3.05, 3.63) is 28.8 Å². The number of hydrogen-bond acceptors (Lipinski definition) is 4. The molecule has 0 spiro atoms. The minimum atomic E-state index is -2.89. The van der Waals surface area contributed by atoms with Crippen LogP contribution in [-0.2, 0) is 16.0 Å². The predicted molar refractivity (Wildman–Crippen MR) is 93.6 cm³/mol. The monoisotopic (exact) mass is 379 g/mol. The number of nitrogens with one attached hydrogen (secondary N) is 2. The third-order valence-corrected chi connectivity index (χ3v) is 3.33. The Morgan fingerprint density at radius 2 is 2.04 bits per heavy atom. The smallest absolute Gasteiger partial charge is 0.387 e. The van der Waals surface area contributed by atoms with Gasteiger partial charge in [0.2, 0.25) is 0 Å². The fourth-order valence-corrected chi connectivity index (χ4v) is 2.12. The standard InChI is InChI=1S/C16H24ClF2N3O3/c1-20-16(21-6-3-7-24-9-8-23-2)22-11-12-10-13(17)4-5-14(12)25-15(18)19/h4-5,10,15H,3,6-9,11H2,1-2H3,(H2,20,21,22). The maximum absolute atomic E-state index is 12.5. The number of alkyl halides is 2. The van der Waals surface area contributed by atoms with Crippen molar-refractivity contribution in [2.75, 3.05) is 40.5 Å². The molecule has 0 aliphatic carbocycles. The van der Waals surface area contributed by atoms with Gasteiger partial charge in [-0.2, -0.15) is 8.78 Å². The zero-order valence-electron chi connectivity index (χ0n) is 14.4. The lowest BCUT2D eigenvalue weighted by Gasteiger charge is -2.15. The van der Waals surface area contributed by atoms with Gasteiger partial charge in [0.1, 0.15) is 5.75 Å². The highest BCUT2D eigenvalue weighted by Crippen LogP contribution is 2.24. The number of aliphatic imine (C=N–C) groups is 1. The number of rotatable bonds is 11. The van der Waals surface area contributed by atoms with E-state index in [0.29, 0.717) is 42.9 Å². The predicted octanol–water partition coefficient (Wildman–Crippen LogP) is 2.66. The summed E-state index contributed by atoms with van der Waals surface area (Å²) < 4.78 is 39.6. The first-order chi connectivity index (χ1) is 12.1. The van der Waals surface area contributed by atoms with Gasteiger partial charge in [-0.3, -0.25) is 4.99 Å². The number of ether oxygens (including phenoxy) is 3. The van der Waals surface area contributed by atoms with Crippen LogP contribution in [0.2, 0.25) is 5.02 Å². The van der Waals surface area contributed by atoms with Crippen LogP contribution in [0.4, 0.5) is 8.78 Å². The molecule has 0 aliphatic rings. The quantitative estimate of drug-likeness (QED) is 0.351. The van der Waals surface area contributed by atoms with Crippen molar-refractivity contribution in [1.29, 1.82) is 0 Å². The number of halogens is 3. The van der Waals surface area contributed by atoms with E-state index in [0.717, 1.165) is 6.42 Å². The molecule has 0 saturated heterocycles. The molecule has 9 heteroatoms. The molecule has 0 aromatic heterocycles. The molecule has 0 saturated carbocycles. The molecule has 0 amide bonds. The molecular formula is C16H24ClF2N3O3. The van der Waals surface area contributed by atoms with E-state index in [4.69, 9.17) is 21.1 Å². The zero-order valence-corrected chi connectivity index (χ0v) is 15.1. The highest BCUT2D eigenvalue weighted by molar-refractivity contribution is 6.30. The summed E-state index contributed by atoms with van der Waals surface area (Å²) >= 11 is 5.92. The first-order valence-electron chi connectivity index (χ1n) is 7.81. The van der Waals surface area contributed by atoms with Gasteiger partial charge in [-0.1, -0.05) is 11.6 Å². The molecule has 1 aromatic rings. The molecule has 0 bridgehead atoms. The van der Waals surface area contributed by atoms with E-state index in [-0.39, 0.29) is 12.3 Å². The fourth-order valence-electron chi connectivity index (χ4n) is 1.92. The van der Waals surface area contributed by atoms with Gasteiger partial charge < -0.3 is 24.8 Å². The van der Waals surface area contributed by atoms with Crippen LogP contribution in [0.3, 0.4) is 0 Å². The third-order valence-electron chi connectivity index (χ3n) is 3.10. The molecule has 0 heterocycles. The van der Waals surface area contributed by atoms with Crippen molar-refractivity contribution in [2.24, 2.45) is 4.99 Å². The van der Waals surface area contributed by atoms with Gasteiger partial charge in [0, 0.05) is 44.4 Å². The number of guanidine groups is 1. The van der Waals surface area contributed by atoms with Crippen LogP contribution < -0.4 is 15.4 Å². The van der Waals surface area contributed by atoms with Crippen molar-refractivity contribution >= 4 is 17.6 Å². The fraction of sp³-hybridized carbons (Fsp3) is 0.562. The van der Waals surface area contributed by atoms with E-state index >= 15 is 0 Å².